The number of anilines is 1. The number of nitrogens with two attached hydrogens (primary N) is 1. The minimum absolute atomic E-state index is 0.118. The topological polar surface area (TPSA) is 126 Å². The molecule has 270 valence electrons. The zero-order chi connectivity index (χ0) is 37.9. The zero-order valence-corrected chi connectivity index (χ0v) is 31.3. The van der Waals surface area contributed by atoms with Gasteiger partial charge in [0.05, 0.1) is 23.4 Å². The van der Waals surface area contributed by atoms with E-state index in [1.807, 2.05) is 50.7 Å². The molecule has 10 nitrogen and oxygen atoms in total. The van der Waals surface area contributed by atoms with Gasteiger partial charge in [-0.05, 0) is 126 Å². The number of benzene rings is 2. The number of pyridine rings is 2. The lowest BCUT2D eigenvalue weighted by Crippen LogP contribution is -2.14. The minimum Gasteiger partial charge on any atom is -0.384 e. The number of fused-ring (bicyclic) bond motifs is 2. The standard InChI is InChI=1S/C16H14BrF2N3.C16H16F2N4.C4H9NO2/c1-8(2)22-9(3)21-16-12(18)4-10(5-14(16)22)11-6-15(17)20-7-13(11)19;1-8(2)22-9(3)21-16-12(17)4-10(5-14(16)22)11-6-15(19)20-7-13(11)18;1-4(2,3)7-5-6/h4-8H,1-3H3;4-8H,1-3H3,(H2,19,20);1-3H3. The summed E-state index contributed by atoms with van der Waals surface area (Å²) in [6.07, 6.45) is 2.16. The molecular formula is C36H39BrF4N8O2. The predicted molar refractivity (Wildman–Crippen MR) is 195 cm³/mol. The monoisotopic (exact) mass is 770 g/mol. The lowest BCUT2D eigenvalue weighted by molar-refractivity contribution is -0.00230. The van der Waals surface area contributed by atoms with Crippen LogP contribution in [-0.4, -0.2) is 34.7 Å². The molecule has 2 aromatic carbocycles. The van der Waals surface area contributed by atoms with Gasteiger partial charge < -0.3 is 19.7 Å². The normalized spacial score (nSPS) is 11.5. The first-order valence-electron chi connectivity index (χ1n) is 15.9. The maximum Gasteiger partial charge on any atom is 0.155 e. The maximum atomic E-state index is 14.4. The molecule has 15 heteroatoms. The quantitative estimate of drug-likeness (QED) is 0.0800. The van der Waals surface area contributed by atoms with Crippen molar-refractivity contribution in [2.24, 2.45) is 5.34 Å². The van der Waals surface area contributed by atoms with E-state index in [-0.39, 0.29) is 29.0 Å². The van der Waals surface area contributed by atoms with Crippen LogP contribution in [0.1, 0.15) is 72.2 Å². The highest BCUT2D eigenvalue weighted by atomic mass is 79.9. The Hall–Kier alpha value is -4.92. The van der Waals surface area contributed by atoms with Crippen molar-refractivity contribution < 1.29 is 22.4 Å². The Morgan fingerprint density at radius 3 is 1.55 bits per heavy atom. The van der Waals surface area contributed by atoms with Gasteiger partial charge in [0.2, 0.25) is 0 Å². The number of imidazole rings is 2. The summed E-state index contributed by atoms with van der Waals surface area (Å²) in [6, 6.07) is 9.28. The SMILES string of the molecule is CC(C)(C)ON=O.Cc1nc2c(F)cc(-c3cc(Br)ncc3F)cc2n1C(C)C.Cc1nc2c(F)cc(-c3cc(N)ncc3F)cc2n1C(C)C. The molecule has 0 amide bonds. The highest BCUT2D eigenvalue weighted by Crippen LogP contribution is 2.33. The molecule has 0 aliphatic carbocycles. The van der Waals surface area contributed by atoms with Gasteiger partial charge in [-0.25, -0.2) is 37.5 Å². The van der Waals surface area contributed by atoms with E-state index in [9.17, 15) is 22.5 Å². The smallest absolute Gasteiger partial charge is 0.155 e. The van der Waals surface area contributed by atoms with Gasteiger partial charge in [-0.3, -0.25) is 0 Å². The van der Waals surface area contributed by atoms with Gasteiger partial charge in [0.15, 0.2) is 17.0 Å². The van der Waals surface area contributed by atoms with E-state index in [1.54, 1.807) is 39.0 Å². The average molecular weight is 772 g/mol. The lowest BCUT2D eigenvalue weighted by atomic mass is 10.1. The summed E-state index contributed by atoms with van der Waals surface area (Å²) in [5.41, 5.74) is 8.48. The van der Waals surface area contributed by atoms with Crippen LogP contribution in [0.5, 0.6) is 0 Å². The van der Waals surface area contributed by atoms with Crippen molar-refractivity contribution in [2.75, 3.05) is 5.73 Å². The Morgan fingerprint density at radius 1 is 0.725 bits per heavy atom. The number of hydrogen-bond donors (Lipinski definition) is 1. The minimum atomic E-state index is -0.541. The van der Waals surface area contributed by atoms with Crippen LogP contribution in [0.2, 0.25) is 0 Å². The predicted octanol–water partition coefficient (Wildman–Crippen LogP) is 10.4. The second-order valence-corrected chi connectivity index (χ2v) is 14.1. The lowest BCUT2D eigenvalue weighted by Gasteiger charge is -2.12. The van der Waals surface area contributed by atoms with E-state index >= 15 is 0 Å². The molecule has 4 heterocycles. The van der Waals surface area contributed by atoms with Crippen LogP contribution in [0, 0.1) is 42.0 Å². The third kappa shape index (κ3) is 8.88. The third-order valence-corrected chi connectivity index (χ3v) is 7.95. The number of hydrogen-bond acceptors (Lipinski definition) is 8. The molecule has 0 unspecified atom stereocenters. The summed E-state index contributed by atoms with van der Waals surface area (Å²) in [5, 5.41) is 2.26. The molecule has 0 aliphatic rings. The van der Waals surface area contributed by atoms with Gasteiger partial charge in [0.25, 0.3) is 0 Å². The molecule has 0 fully saturated rings. The summed E-state index contributed by atoms with van der Waals surface area (Å²) in [4.78, 5) is 29.7. The molecule has 0 atom stereocenters. The zero-order valence-electron chi connectivity index (χ0n) is 29.7. The van der Waals surface area contributed by atoms with Crippen LogP contribution < -0.4 is 5.73 Å². The Morgan fingerprint density at radius 2 is 1.16 bits per heavy atom. The number of nitrogen functional groups attached to an aromatic ring is 1. The first-order chi connectivity index (χ1) is 23.8. The number of aryl methyl sites for hydroxylation is 2. The van der Waals surface area contributed by atoms with Crippen molar-refractivity contribution in [3.05, 3.63) is 93.2 Å². The van der Waals surface area contributed by atoms with Gasteiger partial charge in [-0.2, -0.15) is 0 Å². The molecule has 0 aliphatic heterocycles. The highest BCUT2D eigenvalue weighted by Gasteiger charge is 2.19. The van der Waals surface area contributed by atoms with Crippen molar-refractivity contribution in [1.29, 1.82) is 0 Å². The van der Waals surface area contributed by atoms with Crippen molar-refractivity contribution in [3.8, 4) is 22.3 Å². The highest BCUT2D eigenvalue weighted by molar-refractivity contribution is 9.10. The summed E-state index contributed by atoms with van der Waals surface area (Å²) < 4.78 is 61.1. The van der Waals surface area contributed by atoms with Crippen molar-refractivity contribution >= 4 is 43.8 Å². The molecule has 0 saturated heterocycles. The van der Waals surface area contributed by atoms with Gasteiger partial charge >= 0.3 is 0 Å². The molecule has 0 radical (unpaired) electrons. The molecule has 2 N–H and O–H groups in total. The second-order valence-electron chi connectivity index (χ2n) is 13.3. The molecule has 6 rings (SSSR count). The molecule has 4 aromatic heterocycles. The molecule has 0 spiro atoms. The van der Waals surface area contributed by atoms with Crippen LogP contribution >= 0.6 is 15.9 Å². The fourth-order valence-electron chi connectivity index (χ4n) is 5.57. The van der Waals surface area contributed by atoms with E-state index in [0.29, 0.717) is 37.8 Å². The summed E-state index contributed by atoms with van der Waals surface area (Å²) in [6.45, 7) is 16.9. The van der Waals surface area contributed by atoms with Crippen molar-refractivity contribution in [3.63, 3.8) is 0 Å². The van der Waals surface area contributed by atoms with E-state index in [0.717, 1.165) is 24.0 Å². The first-order valence-corrected chi connectivity index (χ1v) is 16.7. The fraction of sp³-hybridized carbons (Fsp3) is 0.333. The number of halogens is 5. The van der Waals surface area contributed by atoms with Gasteiger partial charge in [-0.1, -0.05) is 0 Å². The van der Waals surface area contributed by atoms with E-state index in [1.165, 1.54) is 18.2 Å². The van der Waals surface area contributed by atoms with Gasteiger partial charge in [0.1, 0.15) is 50.3 Å². The van der Waals surface area contributed by atoms with E-state index in [2.05, 4.69) is 46.0 Å². The number of nitrogens with zero attached hydrogens (tertiary/aromatic N) is 7. The van der Waals surface area contributed by atoms with Crippen LogP contribution in [0.3, 0.4) is 0 Å². The second kappa shape index (κ2) is 15.5. The maximum absolute atomic E-state index is 14.4. The first kappa shape index (κ1) is 38.9. The molecule has 0 bridgehead atoms. The summed E-state index contributed by atoms with van der Waals surface area (Å²) in [5.74, 6) is -0.333. The Labute approximate surface area is 301 Å². The van der Waals surface area contributed by atoms with Crippen LogP contribution in [0.25, 0.3) is 44.3 Å². The number of aromatic nitrogens is 6. The Balaban J connectivity index is 0.000000193. The Kier molecular flexibility index (Phi) is 11.8. The average Bonchev–Trinajstić information content (AvgIpc) is 3.56. The molecular weight excluding hydrogens is 732 g/mol. The Bertz CT molecular complexity index is 2060. The molecule has 6 aromatic rings. The largest absolute Gasteiger partial charge is 0.384 e. The molecule has 0 saturated carbocycles. The summed E-state index contributed by atoms with van der Waals surface area (Å²) in [7, 11) is 0. The third-order valence-electron chi connectivity index (χ3n) is 7.51. The van der Waals surface area contributed by atoms with E-state index < -0.39 is 28.9 Å². The van der Waals surface area contributed by atoms with E-state index in [4.69, 9.17) is 5.73 Å². The van der Waals surface area contributed by atoms with Crippen molar-refractivity contribution in [1.82, 2.24) is 29.1 Å². The van der Waals surface area contributed by atoms with Crippen LogP contribution in [-0.2, 0) is 4.84 Å². The van der Waals surface area contributed by atoms with Crippen LogP contribution in [0.15, 0.2) is 58.7 Å². The fourth-order valence-corrected chi connectivity index (χ4v) is 5.91. The van der Waals surface area contributed by atoms with Gasteiger partial charge in [0, 0.05) is 23.2 Å². The van der Waals surface area contributed by atoms with Crippen LogP contribution in [0.4, 0.5) is 23.4 Å². The van der Waals surface area contributed by atoms with Gasteiger partial charge in [-0.15, -0.1) is 4.91 Å². The van der Waals surface area contributed by atoms with Crippen molar-refractivity contribution in [2.45, 2.75) is 80.0 Å². The summed E-state index contributed by atoms with van der Waals surface area (Å²) >= 11 is 3.21. The number of rotatable bonds is 5. The molecule has 51 heavy (non-hydrogen) atoms.